The van der Waals surface area contributed by atoms with Gasteiger partial charge in [0.1, 0.15) is 0 Å². The summed E-state index contributed by atoms with van der Waals surface area (Å²) in [5.41, 5.74) is 4.06. The number of benzene rings is 2. The Morgan fingerprint density at radius 2 is 1.43 bits per heavy atom. The molecule has 2 aromatic carbocycles. The molecule has 30 heavy (non-hydrogen) atoms. The zero-order valence-electron chi connectivity index (χ0n) is 19.1. The number of Topliss-reactive ketones (excluding diaryl/α,β-unsaturated/α-hetero) is 2. The topological polar surface area (TPSA) is 34.1 Å². The van der Waals surface area contributed by atoms with Gasteiger partial charge in [0, 0.05) is 11.1 Å². The van der Waals surface area contributed by atoms with Gasteiger partial charge >= 0.3 is 0 Å². The molecule has 0 saturated heterocycles. The van der Waals surface area contributed by atoms with E-state index in [0.29, 0.717) is 11.8 Å². The van der Waals surface area contributed by atoms with Gasteiger partial charge < -0.3 is 0 Å². The minimum atomic E-state index is 0.118. The van der Waals surface area contributed by atoms with Crippen molar-refractivity contribution >= 4 is 11.6 Å². The molecule has 0 saturated carbocycles. The summed E-state index contributed by atoms with van der Waals surface area (Å²) in [5.74, 6) is 1.04. The SMILES string of the molecule is CCCCC([CH]C(CCCC)c1cccc(C(C)=O)c1)Cc1cccc(C(C)=O)c1. The minimum Gasteiger partial charge on any atom is -0.295 e. The maximum absolute atomic E-state index is 11.9. The van der Waals surface area contributed by atoms with Gasteiger partial charge in [-0.1, -0.05) is 75.9 Å². The lowest BCUT2D eigenvalue weighted by molar-refractivity contribution is 0.100. The molecular weight excluding hydrogens is 368 g/mol. The third kappa shape index (κ3) is 7.55. The van der Waals surface area contributed by atoms with Gasteiger partial charge in [0.15, 0.2) is 11.6 Å². The Bertz CT molecular complexity index is 821. The number of hydrogen-bond acceptors (Lipinski definition) is 2. The van der Waals surface area contributed by atoms with Gasteiger partial charge in [0.05, 0.1) is 0 Å². The van der Waals surface area contributed by atoms with Crippen LogP contribution in [0.4, 0.5) is 0 Å². The van der Waals surface area contributed by atoms with E-state index in [-0.39, 0.29) is 11.6 Å². The van der Waals surface area contributed by atoms with Crippen molar-refractivity contribution in [2.24, 2.45) is 5.92 Å². The molecule has 0 fully saturated rings. The van der Waals surface area contributed by atoms with Gasteiger partial charge in [-0.25, -0.2) is 0 Å². The molecule has 2 nitrogen and oxygen atoms in total. The van der Waals surface area contributed by atoms with Crippen molar-refractivity contribution in [3.05, 3.63) is 77.2 Å². The molecule has 161 valence electrons. The predicted molar refractivity (Wildman–Crippen MR) is 126 cm³/mol. The fraction of sp³-hybridized carbons (Fsp3) is 0.464. The number of rotatable bonds is 13. The monoisotopic (exact) mass is 405 g/mol. The number of unbranched alkanes of at least 4 members (excludes halogenated alkanes) is 2. The third-order valence-corrected chi connectivity index (χ3v) is 5.85. The van der Waals surface area contributed by atoms with Crippen LogP contribution in [0.3, 0.4) is 0 Å². The molecule has 2 atom stereocenters. The summed E-state index contributed by atoms with van der Waals surface area (Å²) >= 11 is 0. The Hall–Kier alpha value is -2.22. The first-order chi connectivity index (χ1) is 14.4. The highest BCUT2D eigenvalue weighted by Gasteiger charge is 2.20. The third-order valence-electron chi connectivity index (χ3n) is 5.85. The second-order valence-corrected chi connectivity index (χ2v) is 8.49. The van der Waals surface area contributed by atoms with Crippen LogP contribution < -0.4 is 0 Å². The van der Waals surface area contributed by atoms with E-state index >= 15 is 0 Å². The van der Waals surface area contributed by atoms with E-state index < -0.39 is 0 Å². The van der Waals surface area contributed by atoms with E-state index in [1.54, 1.807) is 13.8 Å². The quantitative estimate of drug-likeness (QED) is 0.321. The zero-order valence-corrected chi connectivity index (χ0v) is 19.1. The molecule has 2 rings (SSSR count). The summed E-state index contributed by atoms with van der Waals surface area (Å²) in [7, 11) is 0. The van der Waals surface area contributed by atoms with Gasteiger partial charge in [0.2, 0.25) is 0 Å². The van der Waals surface area contributed by atoms with Gasteiger partial charge in [-0.15, -0.1) is 0 Å². The average Bonchev–Trinajstić information content (AvgIpc) is 2.75. The normalized spacial score (nSPS) is 13.1. The summed E-state index contributed by atoms with van der Waals surface area (Å²) in [4.78, 5) is 23.7. The van der Waals surface area contributed by atoms with Gasteiger partial charge in [-0.2, -0.15) is 0 Å². The minimum absolute atomic E-state index is 0.118. The lowest BCUT2D eigenvalue weighted by Crippen LogP contribution is -2.13. The van der Waals surface area contributed by atoms with Crippen molar-refractivity contribution in [2.75, 3.05) is 0 Å². The fourth-order valence-corrected chi connectivity index (χ4v) is 4.07. The van der Waals surface area contributed by atoms with Crippen LogP contribution >= 0.6 is 0 Å². The second kappa shape index (κ2) is 12.5. The van der Waals surface area contributed by atoms with E-state index in [1.165, 1.54) is 30.4 Å². The molecule has 0 N–H and O–H groups in total. The summed E-state index contributed by atoms with van der Waals surface area (Å²) in [5, 5.41) is 0. The number of hydrogen-bond donors (Lipinski definition) is 0. The molecule has 1 radical (unpaired) electrons. The summed E-state index contributed by atoms with van der Waals surface area (Å²) < 4.78 is 0. The first-order valence-corrected chi connectivity index (χ1v) is 11.5. The molecule has 0 aliphatic rings. The molecule has 2 unspecified atom stereocenters. The molecular formula is C28H37O2. The standard InChI is InChI=1S/C28H37O2/c1-5-7-11-23(17-24-12-9-14-25(18-24)21(3)29)19-27(13-8-6-2)28-16-10-15-26(20-28)22(4)30/h9-10,12,14-16,18-20,23,27H,5-8,11,13,17H2,1-4H3. The van der Waals surface area contributed by atoms with Crippen LogP contribution in [0.2, 0.25) is 0 Å². The molecule has 0 spiro atoms. The molecule has 2 heteroatoms. The van der Waals surface area contributed by atoms with E-state index in [0.717, 1.165) is 36.8 Å². The molecule has 0 heterocycles. The van der Waals surface area contributed by atoms with Crippen LogP contribution in [0.5, 0.6) is 0 Å². The van der Waals surface area contributed by atoms with Crippen LogP contribution in [0.25, 0.3) is 0 Å². The van der Waals surface area contributed by atoms with E-state index in [2.05, 4.69) is 38.5 Å². The van der Waals surface area contributed by atoms with Crippen molar-refractivity contribution in [1.82, 2.24) is 0 Å². The molecule has 0 aliphatic carbocycles. The predicted octanol–water partition coefficient (Wildman–Crippen LogP) is 7.62. The van der Waals surface area contributed by atoms with Crippen LogP contribution in [-0.2, 0) is 6.42 Å². The van der Waals surface area contributed by atoms with Crippen molar-refractivity contribution in [3.63, 3.8) is 0 Å². The Kier molecular flexibility index (Phi) is 10.00. The first-order valence-electron chi connectivity index (χ1n) is 11.5. The highest BCUT2D eigenvalue weighted by atomic mass is 16.1. The maximum atomic E-state index is 11.9. The van der Waals surface area contributed by atoms with Crippen LogP contribution in [0, 0.1) is 12.3 Å². The van der Waals surface area contributed by atoms with E-state index in [9.17, 15) is 9.59 Å². The van der Waals surface area contributed by atoms with Gasteiger partial charge in [-0.05, 0) is 74.6 Å². The van der Waals surface area contributed by atoms with Gasteiger partial charge in [-0.3, -0.25) is 9.59 Å². The molecule has 0 bridgehead atoms. The summed E-state index contributed by atoms with van der Waals surface area (Å²) in [6.07, 6.45) is 10.4. The Labute approximate surface area is 183 Å². The first kappa shape index (κ1) is 24.1. The largest absolute Gasteiger partial charge is 0.295 e. The van der Waals surface area contributed by atoms with E-state index in [1.807, 2.05) is 30.3 Å². The smallest absolute Gasteiger partial charge is 0.159 e. The van der Waals surface area contributed by atoms with Crippen molar-refractivity contribution in [2.45, 2.75) is 78.6 Å². The highest BCUT2D eigenvalue weighted by Crippen LogP contribution is 2.32. The molecule has 0 aliphatic heterocycles. The fourth-order valence-electron chi connectivity index (χ4n) is 4.07. The van der Waals surface area contributed by atoms with Crippen LogP contribution in [0.15, 0.2) is 48.5 Å². The summed E-state index contributed by atoms with van der Waals surface area (Å²) in [6, 6.07) is 16.2. The second-order valence-electron chi connectivity index (χ2n) is 8.49. The summed E-state index contributed by atoms with van der Waals surface area (Å²) in [6.45, 7) is 7.72. The molecule has 2 aromatic rings. The number of carbonyl (C=O) groups is 2. The maximum Gasteiger partial charge on any atom is 0.159 e. The van der Waals surface area contributed by atoms with Crippen LogP contribution in [-0.4, -0.2) is 11.6 Å². The lowest BCUT2D eigenvalue weighted by atomic mass is 9.80. The van der Waals surface area contributed by atoms with Crippen molar-refractivity contribution in [1.29, 1.82) is 0 Å². The lowest BCUT2D eigenvalue weighted by Gasteiger charge is -2.24. The Morgan fingerprint density at radius 3 is 2.07 bits per heavy atom. The number of ketones is 2. The highest BCUT2D eigenvalue weighted by molar-refractivity contribution is 5.94. The molecule has 0 aromatic heterocycles. The van der Waals surface area contributed by atoms with E-state index in [4.69, 9.17) is 0 Å². The average molecular weight is 406 g/mol. The van der Waals surface area contributed by atoms with Crippen LogP contribution in [0.1, 0.15) is 104 Å². The van der Waals surface area contributed by atoms with Crippen molar-refractivity contribution in [3.8, 4) is 0 Å². The van der Waals surface area contributed by atoms with Gasteiger partial charge in [0.25, 0.3) is 0 Å². The number of carbonyl (C=O) groups excluding carboxylic acids is 2. The zero-order chi connectivity index (χ0) is 21.9. The Morgan fingerprint density at radius 1 is 0.833 bits per heavy atom. The Balaban J connectivity index is 2.24. The van der Waals surface area contributed by atoms with Crippen molar-refractivity contribution < 1.29 is 9.59 Å². The molecule has 0 amide bonds.